The number of imide groups is 1. The fourth-order valence-corrected chi connectivity index (χ4v) is 2.13. The highest BCUT2D eigenvalue weighted by molar-refractivity contribution is 6.22. The smallest absolute Gasteiger partial charge is 0.326 e. The molecule has 0 unspecified atom stereocenters. The molecule has 0 bridgehead atoms. The fourth-order valence-electron chi connectivity index (χ4n) is 2.13. The minimum Gasteiger partial charge on any atom is -0.480 e. The number of nitrogens with zero attached hydrogens (tertiary/aromatic N) is 1. The van der Waals surface area contributed by atoms with Crippen LogP contribution in [0.4, 0.5) is 0 Å². The molecule has 1 aromatic rings. The number of hydrogen-bond donors (Lipinski definition) is 2. The Morgan fingerprint density at radius 2 is 1.65 bits per heavy atom. The van der Waals surface area contributed by atoms with E-state index in [-0.39, 0.29) is 24.0 Å². The van der Waals surface area contributed by atoms with E-state index in [0.717, 1.165) is 0 Å². The average molecular weight is 276 g/mol. The molecule has 3 amide bonds. The molecule has 1 aliphatic rings. The Labute approximate surface area is 114 Å². The second-order valence-corrected chi connectivity index (χ2v) is 4.38. The van der Waals surface area contributed by atoms with E-state index in [1.807, 2.05) is 0 Å². The van der Waals surface area contributed by atoms with Crippen molar-refractivity contribution in [2.24, 2.45) is 5.73 Å². The Kier molecular flexibility index (Phi) is 3.51. The van der Waals surface area contributed by atoms with Gasteiger partial charge in [0, 0.05) is 6.42 Å². The van der Waals surface area contributed by atoms with Crippen LogP contribution in [0.15, 0.2) is 24.3 Å². The molecule has 7 heteroatoms. The van der Waals surface area contributed by atoms with Crippen molar-refractivity contribution in [1.82, 2.24) is 4.90 Å². The molecule has 1 aliphatic heterocycles. The summed E-state index contributed by atoms with van der Waals surface area (Å²) >= 11 is 0. The minimum absolute atomic E-state index is 0.169. The van der Waals surface area contributed by atoms with Crippen LogP contribution in [0.1, 0.15) is 33.6 Å². The molecule has 0 saturated carbocycles. The quantitative estimate of drug-likeness (QED) is 0.734. The number of benzene rings is 1. The molecule has 0 fully saturated rings. The lowest BCUT2D eigenvalue weighted by Crippen LogP contribution is -2.45. The molecule has 0 aromatic heterocycles. The molecule has 0 saturated heterocycles. The lowest BCUT2D eigenvalue weighted by Gasteiger charge is -2.21. The Balaban J connectivity index is 2.32. The van der Waals surface area contributed by atoms with E-state index in [4.69, 9.17) is 10.8 Å². The number of amides is 3. The molecule has 0 spiro atoms. The van der Waals surface area contributed by atoms with Gasteiger partial charge >= 0.3 is 5.97 Å². The molecule has 2 rings (SSSR count). The first-order chi connectivity index (χ1) is 9.43. The van der Waals surface area contributed by atoms with Gasteiger partial charge in [-0.2, -0.15) is 0 Å². The maximum absolute atomic E-state index is 12.1. The highest BCUT2D eigenvalue weighted by atomic mass is 16.4. The number of carbonyl (C=O) groups is 4. The highest BCUT2D eigenvalue weighted by Gasteiger charge is 2.42. The van der Waals surface area contributed by atoms with Crippen molar-refractivity contribution in [1.29, 1.82) is 0 Å². The molecule has 104 valence electrons. The zero-order valence-electron chi connectivity index (χ0n) is 10.4. The van der Waals surface area contributed by atoms with Crippen LogP contribution in [0.3, 0.4) is 0 Å². The number of hydrogen-bond acceptors (Lipinski definition) is 4. The van der Waals surface area contributed by atoms with Gasteiger partial charge in [-0.1, -0.05) is 12.1 Å². The van der Waals surface area contributed by atoms with Gasteiger partial charge in [-0.05, 0) is 18.6 Å². The van der Waals surface area contributed by atoms with Crippen molar-refractivity contribution in [3.8, 4) is 0 Å². The summed E-state index contributed by atoms with van der Waals surface area (Å²) in [7, 11) is 0. The van der Waals surface area contributed by atoms with Gasteiger partial charge in [0.05, 0.1) is 11.1 Å². The van der Waals surface area contributed by atoms with Crippen molar-refractivity contribution < 1.29 is 24.3 Å². The van der Waals surface area contributed by atoms with Gasteiger partial charge < -0.3 is 10.8 Å². The average Bonchev–Trinajstić information content (AvgIpc) is 2.64. The first kappa shape index (κ1) is 13.7. The summed E-state index contributed by atoms with van der Waals surface area (Å²) in [5.74, 6) is -3.36. The third-order valence-electron chi connectivity index (χ3n) is 3.09. The van der Waals surface area contributed by atoms with Crippen molar-refractivity contribution in [3.63, 3.8) is 0 Å². The maximum Gasteiger partial charge on any atom is 0.326 e. The van der Waals surface area contributed by atoms with E-state index in [9.17, 15) is 19.2 Å². The van der Waals surface area contributed by atoms with Crippen LogP contribution >= 0.6 is 0 Å². The van der Waals surface area contributed by atoms with Crippen LogP contribution in [0.2, 0.25) is 0 Å². The first-order valence-electron chi connectivity index (χ1n) is 5.91. The molecule has 0 aliphatic carbocycles. The number of nitrogens with two attached hydrogens (primary N) is 1. The Hall–Kier alpha value is -2.70. The minimum atomic E-state index is -1.39. The highest BCUT2D eigenvalue weighted by Crippen LogP contribution is 2.26. The molecule has 1 heterocycles. The molecular weight excluding hydrogens is 264 g/mol. The van der Waals surface area contributed by atoms with Crippen LogP contribution in [-0.2, 0) is 9.59 Å². The number of rotatable bonds is 5. The number of carbonyl (C=O) groups excluding carboxylic acids is 3. The second-order valence-electron chi connectivity index (χ2n) is 4.38. The lowest BCUT2D eigenvalue weighted by molar-refractivity contribution is -0.141. The zero-order valence-corrected chi connectivity index (χ0v) is 10.4. The van der Waals surface area contributed by atoms with Gasteiger partial charge in [-0.25, -0.2) is 4.79 Å². The van der Waals surface area contributed by atoms with E-state index in [0.29, 0.717) is 4.90 Å². The van der Waals surface area contributed by atoms with E-state index in [1.165, 1.54) is 12.1 Å². The van der Waals surface area contributed by atoms with Gasteiger partial charge in [-0.3, -0.25) is 19.3 Å². The van der Waals surface area contributed by atoms with Gasteiger partial charge in [0.2, 0.25) is 5.91 Å². The molecule has 20 heavy (non-hydrogen) atoms. The number of fused-ring (bicyclic) bond motifs is 1. The van der Waals surface area contributed by atoms with Crippen molar-refractivity contribution in [2.75, 3.05) is 0 Å². The van der Waals surface area contributed by atoms with E-state index in [2.05, 4.69) is 0 Å². The Morgan fingerprint density at radius 1 is 1.15 bits per heavy atom. The number of carboxylic acid groups (broad SMARTS) is 1. The molecule has 7 nitrogen and oxygen atoms in total. The van der Waals surface area contributed by atoms with Crippen LogP contribution in [0, 0.1) is 0 Å². The summed E-state index contributed by atoms with van der Waals surface area (Å²) in [6.07, 6.45) is -0.416. The lowest BCUT2D eigenvalue weighted by atomic mass is 10.1. The zero-order chi connectivity index (χ0) is 14.9. The maximum atomic E-state index is 12.1. The summed E-state index contributed by atoms with van der Waals surface area (Å²) in [5.41, 5.74) is 5.31. The third-order valence-corrected chi connectivity index (χ3v) is 3.09. The van der Waals surface area contributed by atoms with Crippen molar-refractivity contribution in [2.45, 2.75) is 18.9 Å². The van der Waals surface area contributed by atoms with Gasteiger partial charge in [0.25, 0.3) is 11.8 Å². The topological polar surface area (TPSA) is 118 Å². The Bertz CT molecular complexity index is 576. The van der Waals surface area contributed by atoms with Gasteiger partial charge in [0.15, 0.2) is 0 Å². The number of primary amides is 1. The third kappa shape index (κ3) is 2.25. The predicted octanol–water partition coefficient (Wildman–Crippen LogP) is 0.00130. The van der Waals surface area contributed by atoms with E-state index < -0.39 is 29.7 Å². The standard InChI is InChI=1S/C13H12N2O5/c14-10(16)6-5-9(13(19)20)15-11(17)7-3-1-2-4-8(7)12(15)18/h1-4,9H,5-6H2,(H2,14,16)(H,19,20)/t9-/m0/s1. The van der Waals surface area contributed by atoms with E-state index in [1.54, 1.807) is 12.1 Å². The first-order valence-corrected chi connectivity index (χ1v) is 5.91. The summed E-state index contributed by atoms with van der Waals surface area (Å²) in [6, 6.07) is 4.71. The van der Waals surface area contributed by atoms with Crippen LogP contribution in [0.25, 0.3) is 0 Å². The van der Waals surface area contributed by atoms with Crippen LogP contribution in [0.5, 0.6) is 0 Å². The largest absolute Gasteiger partial charge is 0.480 e. The van der Waals surface area contributed by atoms with Crippen LogP contribution < -0.4 is 5.73 Å². The number of carboxylic acids is 1. The summed E-state index contributed by atoms with van der Waals surface area (Å²) < 4.78 is 0. The van der Waals surface area contributed by atoms with Crippen molar-refractivity contribution >= 4 is 23.7 Å². The Morgan fingerprint density at radius 3 is 2.05 bits per heavy atom. The van der Waals surface area contributed by atoms with Crippen molar-refractivity contribution in [3.05, 3.63) is 35.4 Å². The SMILES string of the molecule is NC(=O)CC[C@@H](C(=O)O)N1C(=O)c2ccccc2C1=O. The van der Waals surface area contributed by atoms with Crippen LogP contribution in [-0.4, -0.2) is 39.7 Å². The molecule has 1 atom stereocenters. The van der Waals surface area contributed by atoms with Gasteiger partial charge in [0.1, 0.15) is 6.04 Å². The van der Waals surface area contributed by atoms with E-state index >= 15 is 0 Å². The molecular formula is C13H12N2O5. The fraction of sp³-hybridized carbons (Fsp3) is 0.231. The summed E-state index contributed by atoms with van der Waals surface area (Å²) in [4.78, 5) is 46.9. The number of aliphatic carboxylic acids is 1. The predicted molar refractivity (Wildman–Crippen MR) is 66.8 cm³/mol. The molecule has 0 radical (unpaired) electrons. The summed E-state index contributed by atoms with van der Waals surface area (Å²) in [5, 5.41) is 9.16. The molecule has 1 aromatic carbocycles. The normalized spacial score (nSPS) is 15.1. The van der Waals surface area contributed by atoms with Gasteiger partial charge in [-0.15, -0.1) is 0 Å². The monoisotopic (exact) mass is 276 g/mol. The summed E-state index contributed by atoms with van der Waals surface area (Å²) in [6.45, 7) is 0. The second kappa shape index (κ2) is 5.12. The molecule has 3 N–H and O–H groups in total.